The fourth-order valence-corrected chi connectivity index (χ4v) is 0.702. The van der Waals surface area contributed by atoms with Gasteiger partial charge in [0.25, 0.3) is 0 Å². The van der Waals surface area contributed by atoms with Crippen LogP contribution in [0.5, 0.6) is 0 Å². The van der Waals surface area contributed by atoms with E-state index in [1.54, 1.807) is 6.92 Å². The topological polar surface area (TPSA) is 43.4 Å². The van der Waals surface area contributed by atoms with Crippen LogP contribution in [0.15, 0.2) is 0 Å². The molecule has 1 unspecified atom stereocenters. The highest BCUT2D eigenvalue weighted by Gasteiger charge is 2.05. The zero-order valence-corrected chi connectivity index (χ0v) is 7.71. The van der Waals surface area contributed by atoms with Gasteiger partial charge >= 0.3 is 5.97 Å². The lowest BCUT2D eigenvalue weighted by molar-refractivity contribution is -0.143. The molecule has 0 radical (unpaired) electrons. The molecule has 1 atom stereocenters. The number of carbonyl (C=O) groups is 2. The van der Waals surface area contributed by atoms with Gasteiger partial charge in [-0.25, -0.2) is 0 Å². The number of carbonyl (C=O) groups excluding carboxylic acids is 2. The predicted octanol–water partition coefficient (Wildman–Crippen LogP) is 1.55. The Hall–Kier alpha value is -0.860. The van der Waals surface area contributed by atoms with Crippen molar-refractivity contribution in [1.29, 1.82) is 0 Å². The summed E-state index contributed by atoms with van der Waals surface area (Å²) < 4.78 is 4.83. The molecular formula is C9H16O3. The van der Waals surface area contributed by atoms with Crippen molar-refractivity contribution in [2.24, 2.45) is 5.92 Å². The minimum absolute atomic E-state index is 0.0424. The van der Waals surface area contributed by atoms with Crippen molar-refractivity contribution in [2.75, 3.05) is 6.61 Å². The Balaban J connectivity index is 3.36. The van der Waals surface area contributed by atoms with Crippen molar-refractivity contribution in [2.45, 2.75) is 33.1 Å². The first-order valence-electron chi connectivity index (χ1n) is 4.31. The lowest BCUT2D eigenvalue weighted by atomic mass is 10.1. The molecule has 3 heteroatoms. The summed E-state index contributed by atoms with van der Waals surface area (Å²) in [5.41, 5.74) is 0. The molecule has 0 spiro atoms. The summed E-state index contributed by atoms with van der Waals surface area (Å²) >= 11 is 0. The fraction of sp³-hybridized carbons (Fsp3) is 0.778. The monoisotopic (exact) mass is 172 g/mol. The second-order valence-corrected chi connectivity index (χ2v) is 2.87. The van der Waals surface area contributed by atoms with Crippen LogP contribution in [0.3, 0.4) is 0 Å². The van der Waals surface area contributed by atoms with Crippen molar-refractivity contribution >= 4 is 12.3 Å². The van der Waals surface area contributed by atoms with Crippen LogP contribution in [0, 0.1) is 5.92 Å². The van der Waals surface area contributed by atoms with Gasteiger partial charge in [-0.1, -0.05) is 13.8 Å². The molecular weight excluding hydrogens is 156 g/mol. The molecule has 0 aromatic carbocycles. The smallest absolute Gasteiger partial charge is 0.305 e. The third-order valence-electron chi connectivity index (χ3n) is 1.50. The molecule has 0 aromatic rings. The Bertz CT molecular complexity index is 143. The van der Waals surface area contributed by atoms with Crippen LogP contribution in [0.4, 0.5) is 0 Å². The molecule has 0 saturated heterocycles. The molecule has 0 saturated carbocycles. The number of hydrogen-bond acceptors (Lipinski definition) is 3. The van der Waals surface area contributed by atoms with Crippen molar-refractivity contribution in [1.82, 2.24) is 0 Å². The molecule has 70 valence electrons. The molecule has 0 aromatic heterocycles. The van der Waals surface area contributed by atoms with Crippen LogP contribution in [0.1, 0.15) is 33.1 Å². The largest absolute Gasteiger partial charge is 0.466 e. The molecule has 0 aliphatic carbocycles. The van der Waals surface area contributed by atoms with Gasteiger partial charge in [-0.3, -0.25) is 4.79 Å². The summed E-state index contributed by atoms with van der Waals surface area (Å²) in [7, 11) is 0. The van der Waals surface area contributed by atoms with E-state index in [0.29, 0.717) is 19.4 Å². The highest BCUT2D eigenvalue weighted by molar-refractivity contribution is 5.69. The van der Waals surface area contributed by atoms with Crippen molar-refractivity contribution in [3.05, 3.63) is 0 Å². The number of ether oxygens (including phenoxy) is 1. The average molecular weight is 172 g/mol. The number of esters is 1. The highest BCUT2D eigenvalue weighted by atomic mass is 16.5. The second-order valence-electron chi connectivity index (χ2n) is 2.87. The van der Waals surface area contributed by atoms with E-state index in [4.69, 9.17) is 4.74 Å². The molecule has 0 aliphatic heterocycles. The van der Waals surface area contributed by atoms with E-state index in [1.807, 2.05) is 6.92 Å². The molecule has 0 bridgehead atoms. The quantitative estimate of drug-likeness (QED) is 0.451. The molecule has 12 heavy (non-hydrogen) atoms. The molecule has 0 N–H and O–H groups in total. The zero-order chi connectivity index (χ0) is 9.40. The van der Waals surface area contributed by atoms with E-state index < -0.39 is 0 Å². The molecule has 3 nitrogen and oxygen atoms in total. The molecule has 0 aliphatic rings. The molecule has 0 fully saturated rings. The van der Waals surface area contributed by atoms with Gasteiger partial charge in [-0.2, -0.15) is 0 Å². The van der Waals surface area contributed by atoms with Gasteiger partial charge in [-0.15, -0.1) is 0 Å². The molecule has 0 amide bonds. The van der Waals surface area contributed by atoms with Gasteiger partial charge in [-0.05, 0) is 12.8 Å². The van der Waals surface area contributed by atoms with Crippen LogP contribution in [0.2, 0.25) is 0 Å². The Morgan fingerprint density at radius 2 is 2.25 bits per heavy atom. The van der Waals surface area contributed by atoms with Gasteiger partial charge in [0, 0.05) is 12.3 Å². The normalized spacial score (nSPS) is 12.2. The average Bonchev–Trinajstić information content (AvgIpc) is 2.10. The van der Waals surface area contributed by atoms with E-state index in [2.05, 4.69) is 0 Å². The van der Waals surface area contributed by atoms with Crippen molar-refractivity contribution in [3.63, 3.8) is 0 Å². The van der Waals surface area contributed by atoms with Gasteiger partial charge in [0.1, 0.15) is 6.29 Å². The summed E-state index contributed by atoms with van der Waals surface area (Å²) in [6, 6.07) is 0. The van der Waals surface area contributed by atoms with Crippen LogP contribution < -0.4 is 0 Å². The Labute approximate surface area is 73.1 Å². The van der Waals surface area contributed by atoms with E-state index in [9.17, 15) is 9.59 Å². The Morgan fingerprint density at radius 3 is 2.75 bits per heavy atom. The molecule has 0 heterocycles. The van der Waals surface area contributed by atoms with Crippen molar-refractivity contribution in [3.8, 4) is 0 Å². The maximum atomic E-state index is 10.9. The zero-order valence-electron chi connectivity index (χ0n) is 7.71. The standard InChI is InChI=1S/C9H16O3/c1-3-6-12-9(11)5-4-8(2)7-10/h7-8H,3-6H2,1-2H3. The Morgan fingerprint density at radius 1 is 1.58 bits per heavy atom. The van der Waals surface area contributed by atoms with Gasteiger partial charge < -0.3 is 9.53 Å². The van der Waals surface area contributed by atoms with Crippen LogP contribution >= 0.6 is 0 Å². The summed E-state index contributed by atoms with van der Waals surface area (Å²) in [4.78, 5) is 21.1. The Kier molecular flexibility index (Phi) is 6.34. The van der Waals surface area contributed by atoms with Crippen LogP contribution in [0.25, 0.3) is 0 Å². The summed E-state index contributed by atoms with van der Waals surface area (Å²) in [6.07, 6.45) is 2.63. The lowest BCUT2D eigenvalue weighted by Gasteiger charge is -2.03. The van der Waals surface area contributed by atoms with Gasteiger partial charge in [0.05, 0.1) is 6.61 Å². The number of rotatable bonds is 6. The number of aldehydes is 1. The molecule has 0 rings (SSSR count). The predicted molar refractivity (Wildman–Crippen MR) is 45.7 cm³/mol. The minimum Gasteiger partial charge on any atom is -0.466 e. The number of hydrogen-bond donors (Lipinski definition) is 0. The maximum absolute atomic E-state index is 10.9. The second kappa shape index (κ2) is 6.83. The van der Waals surface area contributed by atoms with E-state index in [0.717, 1.165) is 12.7 Å². The SMILES string of the molecule is CCCOC(=O)CCC(C)C=O. The third kappa shape index (κ3) is 5.89. The van der Waals surface area contributed by atoms with Crippen LogP contribution in [-0.2, 0) is 14.3 Å². The first-order valence-corrected chi connectivity index (χ1v) is 4.31. The summed E-state index contributed by atoms with van der Waals surface area (Å²) in [5, 5.41) is 0. The highest BCUT2D eigenvalue weighted by Crippen LogP contribution is 2.03. The minimum atomic E-state index is -0.203. The lowest BCUT2D eigenvalue weighted by Crippen LogP contribution is -2.07. The summed E-state index contributed by atoms with van der Waals surface area (Å²) in [6.45, 7) is 4.22. The first-order chi connectivity index (χ1) is 5.70. The maximum Gasteiger partial charge on any atom is 0.305 e. The van der Waals surface area contributed by atoms with E-state index in [-0.39, 0.29) is 11.9 Å². The van der Waals surface area contributed by atoms with E-state index >= 15 is 0 Å². The van der Waals surface area contributed by atoms with Gasteiger partial charge in [0.15, 0.2) is 0 Å². The third-order valence-corrected chi connectivity index (χ3v) is 1.50. The van der Waals surface area contributed by atoms with Crippen molar-refractivity contribution < 1.29 is 14.3 Å². The summed E-state index contributed by atoms with van der Waals surface area (Å²) in [5.74, 6) is -0.246. The van der Waals surface area contributed by atoms with Gasteiger partial charge in [0.2, 0.25) is 0 Å². The van der Waals surface area contributed by atoms with Crippen LogP contribution in [-0.4, -0.2) is 18.9 Å². The van der Waals surface area contributed by atoms with E-state index in [1.165, 1.54) is 0 Å². The fourth-order valence-electron chi connectivity index (χ4n) is 0.702. The first kappa shape index (κ1) is 11.1.